The molecule has 6 heteroatoms. The van der Waals surface area contributed by atoms with E-state index in [9.17, 15) is 0 Å². The smallest absolute Gasteiger partial charge is 0.191 e. The Morgan fingerprint density at radius 3 is 2.50 bits per heavy atom. The molecule has 1 aliphatic heterocycles. The van der Waals surface area contributed by atoms with Crippen LogP contribution in [0.25, 0.3) is 0 Å². The van der Waals surface area contributed by atoms with Gasteiger partial charge in [-0.2, -0.15) is 0 Å². The maximum atomic E-state index is 5.39. The number of rotatable bonds is 8. The van der Waals surface area contributed by atoms with Crippen LogP contribution < -0.4 is 10.6 Å². The zero-order chi connectivity index (χ0) is 18.0. The lowest BCUT2D eigenvalue weighted by atomic mass is 9.85. The van der Waals surface area contributed by atoms with Gasteiger partial charge >= 0.3 is 0 Å². The molecule has 0 aromatic heterocycles. The summed E-state index contributed by atoms with van der Waals surface area (Å²) in [4.78, 5) is 7.27. The predicted octanol–water partition coefficient (Wildman–Crippen LogP) is 2.86. The van der Waals surface area contributed by atoms with E-state index in [1.54, 1.807) is 0 Å². The van der Waals surface area contributed by atoms with Crippen LogP contribution in [0.4, 0.5) is 0 Å². The topological polar surface area (TPSA) is 48.9 Å². The fourth-order valence-corrected chi connectivity index (χ4v) is 2.93. The Balaban J connectivity index is 0.00000338. The molecule has 0 amide bonds. The van der Waals surface area contributed by atoms with Crippen molar-refractivity contribution in [3.05, 3.63) is 35.9 Å². The minimum atomic E-state index is 0. The van der Waals surface area contributed by atoms with Crippen LogP contribution >= 0.6 is 24.0 Å². The first-order valence-corrected chi connectivity index (χ1v) is 9.49. The van der Waals surface area contributed by atoms with E-state index in [4.69, 9.17) is 9.73 Å². The van der Waals surface area contributed by atoms with Gasteiger partial charge in [0.2, 0.25) is 0 Å². The third kappa shape index (κ3) is 8.22. The average Bonchev–Trinajstić information content (AvgIpc) is 2.65. The molecule has 0 bridgehead atoms. The van der Waals surface area contributed by atoms with Crippen molar-refractivity contribution in [2.24, 2.45) is 4.99 Å². The zero-order valence-corrected chi connectivity index (χ0v) is 18.8. The molecule has 0 spiro atoms. The third-order valence-electron chi connectivity index (χ3n) is 4.58. The Kier molecular flexibility index (Phi) is 11.2. The summed E-state index contributed by atoms with van der Waals surface area (Å²) in [6, 6.07) is 10.6. The molecule has 1 aromatic rings. The molecule has 1 saturated heterocycles. The van der Waals surface area contributed by atoms with Crippen LogP contribution in [-0.4, -0.2) is 63.3 Å². The van der Waals surface area contributed by atoms with E-state index in [0.717, 1.165) is 64.9 Å². The van der Waals surface area contributed by atoms with Gasteiger partial charge < -0.3 is 15.4 Å². The van der Waals surface area contributed by atoms with Gasteiger partial charge in [0, 0.05) is 31.6 Å². The molecule has 0 atom stereocenters. The lowest BCUT2D eigenvalue weighted by Gasteiger charge is -2.26. The summed E-state index contributed by atoms with van der Waals surface area (Å²) in [6.07, 6.45) is 1.12. The molecule has 26 heavy (non-hydrogen) atoms. The second-order valence-electron chi connectivity index (χ2n) is 7.18. The summed E-state index contributed by atoms with van der Waals surface area (Å²) < 4.78 is 5.39. The molecule has 2 rings (SSSR count). The Labute approximate surface area is 176 Å². The largest absolute Gasteiger partial charge is 0.379 e. The fraction of sp³-hybridized carbons (Fsp3) is 0.650. The lowest BCUT2D eigenvalue weighted by molar-refractivity contribution is 0.0376. The first-order valence-electron chi connectivity index (χ1n) is 9.49. The van der Waals surface area contributed by atoms with Gasteiger partial charge in [-0.15, -0.1) is 24.0 Å². The lowest BCUT2D eigenvalue weighted by Crippen LogP contribution is -2.41. The van der Waals surface area contributed by atoms with Crippen molar-refractivity contribution in [3.63, 3.8) is 0 Å². The first kappa shape index (κ1) is 23.2. The molecule has 1 fully saturated rings. The molecule has 1 aromatic carbocycles. The molecule has 0 radical (unpaired) electrons. The van der Waals surface area contributed by atoms with E-state index >= 15 is 0 Å². The normalized spacial score (nSPS) is 16.0. The summed E-state index contributed by atoms with van der Waals surface area (Å²) in [5.74, 6) is 0.911. The van der Waals surface area contributed by atoms with Crippen molar-refractivity contribution in [1.82, 2.24) is 15.5 Å². The van der Waals surface area contributed by atoms with Crippen molar-refractivity contribution in [3.8, 4) is 0 Å². The molecule has 148 valence electrons. The quantitative estimate of drug-likeness (QED) is 0.263. The Morgan fingerprint density at radius 2 is 1.85 bits per heavy atom. The molecule has 5 nitrogen and oxygen atoms in total. The van der Waals surface area contributed by atoms with Crippen LogP contribution in [0.3, 0.4) is 0 Å². The Morgan fingerprint density at radius 1 is 1.15 bits per heavy atom. The van der Waals surface area contributed by atoms with Gasteiger partial charge in [-0.25, -0.2) is 0 Å². The monoisotopic (exact) mass is 474 g/mol. The van der Waals surface area contributed by atoms with Crippen LogP contribution in [0, 0.1) is 0 Å². The number of hydrogen-bond donors (Lipinski definition) is 2. The molecule has 1 heterocycles. The summed E-state index contributed by atoms with van der Waals surface area (Å²) in [6.45, 7) is 14.1. The highest BCUT2D eigenvalue weighted by Gasteiger charge is 2.20. The van der Waals surface area contributed by atoms with Crippen LogP contribution in [0.5, 0.6) is 0 Å². The van der Waals surface area contributed by atoms with Crippen molar-refractivity contribution in [2.75, 3.05) is 52.5 Å². The van der Waals surface area contributed by atoms with E-state index in [0.29, 0.717) is 0 Å². The van der Waals surface area contributed by atoms with Crippen molar-refractivity contribution < 1.29 is 4.74 Å². The maximum Gasteiger partial charge on any atom is 0.191 e. The van der Waals surface area contributed by atoms with Gasteiger partial charge in [0.15, 0.2) is 5.96 Å². The summed E-state index contributed by atoms with van der Waals surface area (Å²) >= 11 is 0. The molecular weight excluding hydrogens is 439 g/mol. The summed E-state index contributed by atoms with van der Waals surface area (Å²) in [7, 11) is 0. The van der Waals surface area contributed by atoms with E-state index in [-0.39, 0.29) is 29.4 Å². The Bertz CT molecular complexity index is 516. The number of nitrogens with one attached hydrogen (secondary N) is 2. The highest BCUT2D eigenvalue weighted by molar-refractivity contribution is 14.0. The van der Waals surface area contributed by atoms with Gasteiger partial charge in [-0.3, -0.25) is 9.89 Å². The molecule has 0 unspecified atom stereocenters. The van der Waals surface area contributed by atoms with Crippen LogP contribution in [0.15, 0.2) is 35.3 Å². The maximum absolute atomic E-state index is 5.39. The molecule has 0 saturated carbocycles. The minimum absolute atomic E-state index is 0. The zero-order valence-electron chi connectivity index (χ0n) is 16.5. The number of halogens is 1. The number of aliphatic imine (C=N–C) groups is 1. The summed E-state index contributed by atoms with van der Waals surface area (Å²) in [5, 5.41) is 6.82. The van der Waals surface area contributed by atoms with Crippen molar-refractivity contribution in [2.45, 2.75) is 32.6 Å². The fourth-order valence-electron chi connectivity index (χ4n) is 2.93. The van der Waals surface area contributed by atoms with Gasteiger partial charge in [0.1, 0.15) is 0 Å². The number of guanidine groups is 1. The van der Waals surface area contributed by atoms with E-state index in [2.05, 4.69) is 66.6 Å². The number of ether oxygens (including phenoxy) is 1. The van der Waals surface area contributed by atoms with E-state index < -0.39 is 0 Å². The van der Waals surface area contributed by atoms with Crippen LogP contribution in [0.1, 0.15) is 32.8 Å². The second-order valence-corrected chi connectivity index (χ2v) is 7.18. The second kappa shape index (κ2) is 12.5. The van der Waals surface area contributed by atoms with E-state index in [1.165, 1.54) is 5.56 Å². The molecular formula is C20H35IN4O. The van der Waals surface area contributed by atoms with Gasteiger partial charge in [0.05, 0.1) is 19.8 Å². The number of benzene rings is 1. The highest BCUT2D eigenvalue weighted by Crippen LogP contribution is 2.22. The van der Waals surface area contributed by atoms with Crippen molar-refractivity contribution in [1.29, 1.82) is 0 Å². The number of hydrogen-bond acceptors (Lipinski definition) is 3. The van der Waals surface area contributed by atoms with Gasteiger partial charge in [0.25, 0.3) is 0 Å². The summed E-state index contributed by atoms with van der Waals surface area (Å²) in [5.41, 5.74) is 1.35. The Hall–Kier alpha value is -0.860. The number of nitrogens with zero attached hydrogens (tertiary/aromatic N) is 2. The van der Waals surface area contributed by atoms with Crippen molar-refractivity contribution >= 4 is 29.9 Å². The average molecular weight is 474 g/mol. The van der Waals surface area contributed by atoms with Crippen LogP contribution in [0.2, 0.25) is 0 Å². The molecule has 1 aliphatic rings. The van der Waals surface area contributed by atoms with Crippen LogP contribution in [-0.2, 0) is 10.2 Å². The van der Waals surface area contributed by atoms with E-state index in [1.807, 2.05) is 0 Å². The molecule has 0 aliphatic carbocycles. The SMILES string of the molecule is CCNC(=NCC(C)(C)c1ccccc1)NCCCN1CCOCC1.I. The molecule has 2 N–H and O–H groups in total. The first-order chi connectivity index (χ1) is 12.1. The highest BCUT2D eigenvalue weighted by atomic mass is 127. The predicted molar refractivity (Wildman–Crippen MR) is 121 cm³/mol. The van der Waals surface area contributed by atoms with Gasteiger partial charge in [-0.1, -0.05) is 44.2 Å². The van der Waals surface area contributed by atoms with Gasteiger partial charge in [-0.05, 0) is 25.5 Å². The number of morpholine rings is 1. The standard InChI is InChI=1S/C20H34N4O.HI/c1-4-21-19(22-11-8-12-24-13-15-25-16-14-24)23-17-20(2,3)18-9-6-5-7-10-18;/h5-7,9-10H,4,8,11-17H2,1-3H3,(H2,21,22,23);1H. The third-order valence-corrected chi connectivity index (χ3v) is 4.58. The minimum Gasteiger partial charge on any atom is -0.379 e.